The summed E-state index contributed by atoms with van der Waals surface area (Å²) < 4.78 is 86.8. The summed E-state index contributed by atoms with van der Waals surface area (Å²) in [6, 6.07) is 17.2. The molecule has 0 atom stereocenters. The van der Waals surface area contributed by atoms with Gasteiger partial charge < -0.3 is 26.8 Å². The van der Waals surface area contributed by atoms with Crippen LogP contribution in [0.25, 0.3) is 11.1 Å². The Morgan fingerprint density at radius 3 is 2.02 bits per heavy atom. The number of nitrogens with zero attached hydrogens (tertiary/aromatic N) is 2. The Morgan fingerprint density at radius 1 is 0.927 bits per heavy atom. The number of benzene rings is 3. The van der Waals surface area contributed by atoms with Crippen LogP contribution in [0.15, 0.2) is 54.6 Å². The molecule has 0 N–H and O–H groups in total. The van der Waals surface area contributed by atoms with Crippen LogP contribution in [0.1, 0.15) is 33.7 Å². The molecule has 3 aromatic carbocycles. The maximum absolute atomic E-state index is 13.9. The zero-order valence-electron chi connectivity index (χ0n) is 22.4. The highest BCUT2D eigenvalue weighted by Crippen LogP contribution is 2.44. The van der Waals surface area contributed by atoms with E-state index in [-0.39, 0.29) is 30.2 Å². The normalized spacial score (nSPS) is 15.9. The van der Waals surface area contributed by atoms with E-state index in [4.69, 9.17) is 4.74 Å². The SMILES string of the molecule is Cc1c(CN2CCN(C(=O)OCC3c4ccccc4-c4ccccc43)CC2)cc(OS(=O)(=O)F)c(C)c1[B-](F)(F)F. The Bertz CT molecular complexity index is 1550. The monoisotopic (exact) mass is 591 g/mol. The maximum atomic E-state index is 13.9. The number of amides is 1. The van der Waals surface area contributed by atoms with E-state index in [1.54, 1.807) is 4.90 Å². The number of fused-ring (bicyclic) bond motifs is 3. The molecule has 0 spiro atoms. The molecule has 7 nitrogen and oxygen atoms in total. The molecule has 5 rings (SSSR count). The van der Waals surface area contributed by atoms with Crippen molar-refractivity contribution in [3.63, 3.8) is 0 Å². The first-order chi connectivity index (χ1) is 19.3. The number of hydrogen-bond donors (Lipinski definition) is 0. The number of halogens is 4. The first-order valence-corrected chi connectivity index (χ1v) is 14.4. The molecule has 0 bridgehead atoms. The van der Waals surface area contributed by atoms with Gasteiger partial charge in [-0.1, -0.05) is 63.4 Å². The van der Waals surface area contributed by atoms with E-state index in [0.29, 0.717) is 26.2 Å². The fourth-order valence-corrected chi connectivity index (χ4v) is 6.21. The molecule has 13 heteroatoms. The van der Waals surface area contributed by atoms with Crippen molar-refractivity contribution in [2.75, 3.05) is 32.8 Å². The van der Waals surface area contributed by atoms with Gasteiger partial charge in [-0.15, -0.1) is 0 Å². The van der Waals surface area contributed by atoms with Gasteiger partial charge in [0.25, 0.3) is 0 Å². The van der Waals surface area contributed by atoms with Gasteiger partial charge in [-0.05, 0) is 53.3 Å². The fourth-order valence-electron chi connectivity index (χ4n) is 5.83. The summed E-state index contributed by atoms with van der Waals surface area (Å²) in [4.78, 5) is 16.3. The zero-order valence-corrected chi connectivity index (χ0v) is 23.3. The van der Waals surface area contributed by atoms with Crippen LogP contribution in [0.5, 0.6) is 5.75 Å². The minimum absolute atomic E-state index is 0.0342. The van der Waals surface area contributed by atoms with Gasteiger partial charge in [-0.3, -0.25) is 4.90 Å². The van der Waals surface area contributed by atoms with Gasteiger partial charge in [-0.2, -0.15) is 8.42 Å². The minimum Gasteiger partial charge on any atom is -0.448 e. The van der Waals surface area contributed by atoms with Crippen molar-refractivity contribution in [1.29, 1.82) is 0 Å². The number of piperazine rings is 1. The molecule has 0 radical (unpaired) electrons. The van der Waals surface area contributed by atoms with Crippen LogP contribution in [0.2, 0.25) is 0 Å². The standard InChI is InChI=1S/C28H28BF4N2O5S/c1-18-20(15-26(40-41(33,37)38)19(2)27(18)29(30,31)32)16-34-11-13-35(14-12-34)28(36)39-17-25-23-9-5-3-7-21(23)22-8-4-6-10-24(22)25/h3-10,15,25H,11-14,16-17H2,1-2H3/q-1. The second-order valence-electron chi connectivity index (χ2n) is 10.3. The van der Waals surface area contributed by atoms with E-state index in [9.17, 15) is 30.0 Å². The van der Waals surface area contributed by atoms with Crippen molar-refractivity contribution < 1.29 is 39.0 Å². The average Bonchev–Trinajstić information content (AvgIpc) is 3.22. The lowest BCUT2D eigenvalue weighted by Crippen LogP contribution is -2.49. The molecule has 0 saturated carbocycles. The molecule has 3 aromatic rings. The maximum Gasteiger partial charge on any atom is 0.510 e. The molecule has 41 heavy (non-hydrogen) atoms. The van der Waals surface area contributed by atoms with E-state index < -0.39 is 40.4 Å². The Morgan fingerprint density at radius 2 is 1.49 bits per heavy atom. The third-order valence-corrected chi connectivity index (χ3v) is 8.22. The Balaban J connectivity index is 1.24. The zero-order chi connectivity index (χ0) is 29.5. The lowest BCUT2D eigenvalue weighted by Gasteiger charge is -2.35. The first kappa shape index (κ1) is 28.9. The summed E-state index contributed by atoms with van der Waals surface area (Å²) in [5, 5.41) is 0. The first-order valence-electron chi connectivity index (χ1n) is 13.1. The Kier molecular flexibility index (Phi) is 7.77. The van der Waals surface area contributed by atoms with Gasteiger partial charge in [-0.25, -0.2) is 4.79 Å². The van der Waals surface area contributed by atoms with Crippen LogP contribution in [-0.4, -0.2) is 64.1 Å². The molecule has 1 saturated heterocycles. The van der Waals surface area contributed by atoms with Gasteiger partial charge in [0.05, 0.1) is 0 Å². The van der Waals surface area contributed by atoms with Crippen molar-refractivity contribution in [1.82, 2.24) is 9.80 Å². The molecule has 2 aliphatic rings. The molecular weight excluding hydrogens is 563 g/mol. The predicted molar refractivity (Wildman–Crippen MR) is 147 cm³/mol. The second-order valence-corrected chi connectivity index (χ2v) is 11.3. The molecule has 1 aliphatic carbocycles. The molecule has 0 unspecified atom stereocenters. The molecule has 1 fully saturated rings. The Labute approximate surface area is 236 Å². The molecule has 1 heterocycles. The Hall–Kier alpha value is -3.58. The van der Waals surface area contributed by atoms with Crippen LogP contribution >= 0.6 is 0 Å². The van der Waals surface area contributed by atoms with E-state index in [0.717, 1.165) is 35.2 Å². The van der Waals surface area contributed by atoms with Crippen LogP contribution < -0.4 is 9.65 Å². The van der Waals surface area contributed by atoms with Crippen LogP contribution in [-0.2, 0) is 21.8 Å². The van der Waals surface area contributed by atoms with Gasteiger partial charge in [0.1, 0.15) is 12.4 Å². The highest BCUT2D eigenvalue weighted by atomic mass is 32.3. The summed E-state index contributed by atoms with van der Waals surface area (Å²) in [6.45, 7) is -1.68. The van der Waals surface area contributed by atoms with Crippen molar-refractivity contribution in [2.45, 2.75) is 26.3 Å². The van der Waals surface area contributed by atoms with Crippen molar-refractivity contribution >= 4 is 29.0 Å². The minimum atomic E-state index is -5.52. The van der Waals surface area contributed by atoms with E-state index in [2.05, 4.69) is 16.3 Å². The molecule has 218 valence electrons. The van der Waals surface area contributed by atoms with E-state index in [1.165, 1.54) is 6.92 Å². The van der Waals surface area contributed by atoms with Gasteiger partial charge >= 0.3 is 23.6 Å². The summed E-state index contributed by atoms with van der Waals surface area (Å²) in [7, 11) is -5.52. The smallest absolute Gasteiger partial charge is 0.448 e. The number of hydrogen-bond acceptors (Lipinski definition) is 6. The quantitative estimate of drug-likeness (QED) is 0.218. The van der Waals surface area contributed by atoms with Crippen LogP contribution in [0.3, 0.4) is 0 Å². The predicted octanol–water partition coefficient (Wildman–Crippen LogP) is 5.02. The summed E-state index contributed by atoms with van der Waals surface area (Å²) in [5.74, 6) is -0.772. The number of carbonyl (C=O) groups excluding carboxylic acids is 1. The molecule has 0 aromatic heterocycles. The third-order valence-electron chi connectivity index (χ3n) is 7.84. The second kappa shape index (κ2) is 11.0. The number of rotatable bonds is 7. The van der Waals surface area contributed by atoms with Gasteiger partial charge in [0.15, 0.2) is 0 Å². The fraction of sp³-hybridized carbons (Fsp3) is 0.321. The van der Waals surface area contributed by atoms with Crippen molar-refractivity contribution in [3.8, 4) is 16.9 Å². The highest BCUT2D eigenvalue weighted by molar-refractivity contribution is 7.81. The largest absolute Gasteiger partial charge is 0.510 e. The molecule has 1 amide bonds. The molecular formula is C28H28BF4N2O5S-. The lowest BCUT2D eigenvalue weighted by atomic mass is 9.72. The summed E-state index contributed by atoms with van der Waals surface area (Å²) in [6.07, 6.45) is -0.469. The molecule has 1 aliphatic heterocycles. The van der Waals surface area contributed by atoms with E-state index >= 15 is 0 Å². The van der Waals surface area contributed by atoms with E-state index in [1.807, 2.05) is 41.3 Å². The number of carbonyl (C=O) groups is 1. The van der Waals surface area contributed by atoms with Crippen LogP contribution in [0, 0.1) is 13.8 Å². The number of ether oxygens (including phenoxy) is 1. The van der Waals surface area contributed by atoms with Crippen molar-refractivity contribution in [2.24, 2.45) is 0 Å². The topological polar surface area (TPSA) is 76.2 Å². The summed E-state index contributed by atoms with van der Waals surface area (Å²) in [5.41, 5.74) is 3.05. The van der Waals surface area contributed by atoms with Gasteiger partial charge in [0.2, 0.25) is 0 Å². The average molecular weight is 591 g/mol. The highest BCUT2D eigenvalue weighted by Gasteiger charge is 2.34. The van der Waals surface area contributed by atoms with Crippen LogP contribution in [0.4, 0.5) is 21.6 Å². The summed E-state index contributed by atoms with van der Waals surface area (Å²) >= 11 is 0. The lowest BCUT2D eigenvalue weighted by molar-refractivity contribution is 0.0728. The van der Waals surface area contributed by atoms with Gasteiger partial charge in [0, 0.05) is 38.6 Å². The third kappa shape index (κ3) is 6.06. The van der Waals surface area contributed by atoms with Crippen molar-refractivity contribution in [3.05, 3.63) is 82.4 Å².